The first-order valence-electron chi connectivity index (χ1n) is 8.23. The summed E-state index contributed by atoms with van der Waals surface area (Å²) < 4.78 is 5.31. The lowest BCUT2D eigenvalue weighted by Crippen LogP contribution is -2.26. The van der Waals surface area contributed by atoms with Crippen LogP contribution in [-0.2, 0) is 4.79 Å². The number of benzene rings is 2. The molecule has 25 heavy (non-hydrogen) atoms. The van der Waals surface area contributed by atoms with Crippen LogP contribution < -0.4 is 4.74 Å². The zero-order chi connectivity index (χ0) is 18.4. The molecule has 0 radical (unpaired) electrons. The average Bonchev–Trinajstić information content (AvgIpc) is 2.59. The number of esters is 1. The van der Waals surface area contributed by atoms with Gasteiger partial charge in [0.2, 0.25) is 0 Å². The van der Waals surface area contributed by atoms with Crippen LogP contribution in [0.15, 0.2) is 48.5 Å². The lowest BCUT2D eigenvalue weighted by Gasteiger charge is -2.14. The Kier molecular flexibility index (Phi) is 6.12. The van der Waals surface area contributed by atoms with Gasteiger partial charge in [0.1, 0.15) is 5.75 Å². The van der Waals surface area contributed by atoms with Gasteiger partial charge < -0.3 is 9.64 Å². The van der Waals surface area contributed by atoms with Crippen molar-refractivity contribution in [2.24, 2.45) is 0 Å². The summed E-state index contributed by atoms with van der Waals surface area (Å²) in [5.74, 6) is -0.231. The van der Waals surface area contributed by atoms with E-state index in [1.165, 1.54) is 11.6 Å². The number of carbonyl (C=O) groups is 2. The van der Waals surface area contributed by atoms with Crippen molar-refractivity contribution in [3.63, 3.8) is 0 Å². The largest absolute Gasteiger partial charge is 0.423 e. The molecule has 2 rings (SSSR count). The Morgan fingerprint density at radius 2 is 1.88 bits per heavy atom. The van der Waals surface area contributed by atoms with Gasteiger partial charge in [-0.05, 0) is 56.2 Å². The summed E-state index contributed by atoms with van der Waals surface area (Å²) in [6, 6.07) is 12.7. The van der Waals surface area contributed by atoms with E-state index in [2.05, 4.69) is 6.07 Å². The highest BCUT2D eigenvalue weighted by molar-refractivity contribution is 5.95. The van der Waals surface area contributed by atoms with E-state index in [9.17, 15) is 9.59 Å². The van der Waals surface area contributed by atoms with Crippen LogP contribution in [0, 0.1) is 13.8 Å². The lowest BCUT2D eigenvalue weighted by molar-refractivity contribution is -0.128. The molecule has 0 aromatic heterocycles. The number of ether oxygens (including phenoxy) is 1. The molecule has 2 aromatic rings. The molecule has 4 heteroatoms. The minimum absolute atomic E-state index is 0.105. The summed E-state index contributed by atoms with van der Waals surface area (Å²) in [6.07, 6.45) is 3.13. The maximum Gasteiger partial charge on any atom is 0.336 e. The highest BCUT2D eigenvalue weighted by atomic mass is 16.5. The zero-order valence-electron chi connectivity index (χ0n) is 15.1. The normalized spacial score (nSPS) is 10.7. The Bertz CT molecular complexity index is 809. The van der Waals surface area contributed by atoms with Crippen molar-refractivity contribution in [1.29, 1.82) is 0 Å². The van der Waals surface area contributed by atoms with Crippen molar-refractivity contribution >= 4 is 18.0 Å². The van der Waals surface area contributed by atoms with Crippen LogP contribution in [0.1, 0.15) is 34.0 Å². The van der Waals surface area contributed by atoms with Gasteiger partial charge in [-0.2, -0.15) is 0 Å². The van der Waals surface area contributed by atoms with Crippen molar-refractivity contribution in [3.05, 3.63) is 70.8 Å². The topological polar surface area (TPSA) is 46.6 Å². The molecule has 2 aromatic carbocycles. The molecule has 0 spiro atoms. The quantitative estimate of drug-likeness (QED) is 0.470. The molecule has 0 bridgehead atoms. The zero-order valence-corrected chi connectivity index (χ0v) is 15.1. The molecule has 0 aliphatic carbocycles. The molecular formula is C21H23NO3. The van der Waals surface area contributed by atoms with E-state index in [0.717, 1.165) is 11.1 Å². The van der Waals surface area contributed by atoms with Crippen LogP contribution in [0.5, 0.6) is 5.75 Å². The van der Waals surface area contributed by atoms with Crippen LogP contribution in [0.2, 0.25) is 0 Å². The van der Waals surface area contributed by atoms with E-state index in [1.807, 2.05) is 32.9 Å². The molecule has 0 N–H and O–H groups in total. The SMILES string of the molecule is CCN(C)C(=O)c1cccc(OC(=O)/C=C/c2ccc(C)cc2C)c1. The monoisotopic (exact) mass is 337 g/mol. The number of carbonyl (C=O) groups excluding carboxylic acids is 2. The predicted octanol–water partition coefficient (Wildman–Crippen LogP) is 4.01. The second kappa shape index (κ2) is 8.29. The van der Waals surface area contributed by atoms with Crippen LogP contribution in [-0.4, -0.2) is 30.4 Å². The molecule has 0 fully saturated rings. The molecule has 130 valence electrons. The minimum Gasteiger partial charge on any atom is -0.423 e. The molecular weight excluding hydrogens is 314 g/mol. The maximum absolute atomic E-state index is 12.2. The van der Waals surface area contributed by atoms with E-state index in [0.29, 0.717) is 17.9 Å². The van der Waals surface area contributed by atoms with Crippen molar-refractivity contribution in [1.82, 2.24) is 4.90 Å². The smallest absolute Gasteiger partial charge is 0.336 e. The van der Waals surface area contributed by atoms with Gasteiger partial charge in [0.25, 0.3) is 5.91 Å². The number of rotatable bonds is 5. The van der Waals surface area contributed by atoms with Crippen LogP contribution in [0.25, 0.3) is 6.08 Å². The first-order chi connectivity index (χ1) is 11.9. The predicted molar refractivity (Wildman–Crippen MR) is 99.7 cm³/mol. The third kappa shape index (κ3) is 5.05. The highest BCUT2D eigenvalue weighted by Crippen LogP contribution is 2.16. The maximum atomic E-state index is 12.2. The first kappa shape index (κ1) is 18.5. The molecule has 0 aliphatic heterocycles. The van der Waals surface area contributed by atoms with E-state index < -0.39 is 5.97 Å². The van der Waals surface area contributed by atoms with Gasteiger partial charge in [-0.3, -0.25) is 4.79 Å². The lowest BCUT2D eigenvalue weighted by atomic mass is 10.1. The Morgan fingerprint density at radius 1 is 1.12 bits per heavy atom. The Balaban J connectivity index is 2.08. The second-order valence-electron chi connectivity index (χ2n) is 5.96. The van der Waals surface area contributed by atoms with E-state index >= 15 is 0 Å². The third-order valence-electron chi connectivity index (χ3n) is 3.94. The van der Waals surface area contributed by atoms with Crippen LogP contribution in [0.3, 0.4) is 0 Å². The molecule has 0 unspecified atom stereocenters. The highest BCUT2D eigenvalue weighted by Gasteiger charge is 2.11. The summed E-state index contributed by atoms with van der Waals surface area (Å²) in [5, 5.41) is 0. The minimum atomic E-state index is -0.478. The molecule has 0 heterocycles. The van der Waals surface area contributed by atoms with Crippen molar-refractivity contribution in [2.45, 2.75) is 20.8 Å². The third-order valence-corrected chi connectivity index (χ3v) is 3.94. The van der Waals surface area contributed by atoms with Gasteiger partial charge in [-0.15, -0.1) is 0 Å². The first-order valence-corrected chi connectivity index (χ1v) is 8.23. The van der Waals surface area contributed by atoms with Crippen molar-refractivity contribution < 1.29 is 14.3 Å². The standard InChI is InChI=1S/C21H23NO3/c1-5-22(4)21(24)18-7-6-8-19(14-18)25-20(23)12-11-17-10-9-15(2)13-16(17)3/h6-14H,5H2,1-4H3/b12-11+. The van der Waals surface area contributed by atoms with Gasteiger partial charge in [-0.1, -0.05) is 29.8 Å². The number of hydrogen-bond donors (Lipinski definition) is 0. The van der Waals surface area contributed by atoms with E-state index in [1.54, 1.807) is 42.3 Å². The molecule has 0 saturated carbocycles. The van der Waals surface area contributed by atoms with Gasteiger partial charge >= 0.3 is 5.97 Å². The van der Waals surface area contributed by atoms with Crippen molar-refractivity contribution in [2.75, 3.05) is 13.6 Å². The van der Waals surface area contributed by atoms with Crippen LogP contribution in [0.4, 0.5) is 0 Å². The van der Waals surface area contributed by atoms with Gasteiger partial charge in [0, 0.05) is 25.2 Å². The van der Waals surface area contributed by atoms with E-state index in [-0.39, 0.29) is 5.91 Å². The Hall–Kier alpha value is -2.88. The summed E-state index contributed by atoms with van der Waals surface area (Å²) in [4.78, 5) is 25.8. The molecule has 1 amide bonds. The van der Waals surface area contributed by atoms with Gasteiger partial charge in [0.15, 0.2) is 0 Å². The summed E-state index contributed by atoms with van der Waals surface area (Å²) in [6.45, 7) is 6.54. The fraction of sp³-hybridized carbons (Fsp3) is 0.238. The molecule has 4 nitrogen and oxygen atoms in total. The number of hydrogen-bond acceptors (Lipinski definition) is 3. The van der Waals surface area contributed by atoms with Crippen molar-refractivity contribution in [3.8, 4) is 5.75 Å². The fourth-order valence-electron chi connectivity index (χ4n) is 2.38. The number of nitrogens with zero attached hydrogens (tertiary/aromatic N) is 1. The average molecular weight is 337 g/mol. The van der Waals surface area contributed by atoms with Crippen LogP contribution >= 0.6 is 0 Å². The molecule has 0 saturated heterocycles. The molecule has 0 atom stereocenters. The molecule has 0 aliphatic rings. The Labute approximate surface area is 148 Å². The number of aryl methyl sites for hydroxylation is 2. The second-order valence-corrected chi connectivity index (χ2v) is 5.96. The fourth-order valence-corrected chi connectivity index (χ4v) is 2.38. The summed E-state index contributed by atoms with van der Waals surface area (Å²) in [5.41, 5.74) is 3.74. The van der Waals surface area contributed by atoms with E-state index in [4.69, 9.17) is 4.74 Å². The summed E-state index contributed by atoms with van der Waals surface area (Å²) in [7, 11) is 1.73. The Morgan fingerprint density at radius 3 is 2.56 bits per heavy atom. The number of amides is 1. The van der Waals surface area contributed by atoms with Gasteiger partial charge in [-0.25, -0.2) is 4.79 Å². The van der Waals surface area contributed by atoms with Gasteiger partial charge in [0.05, 0.1) is 0 Å². The summed E-state index contributed by atoms with van der Waals surface area (Å²) >= 11 is 0.